The molecular weight excluding hydrogens is 244 g/mol. The number of hydrogen-bond donors (Lipinski definition) is 3. The quantitative estimate of drug-likeness (QED) is 0.398. The van der Waals surface area contributed by atoms with E-state index in [9.17, 15) is 5.11 Å². The summed E-state index contributed by atoms with van der Waals surface area (Å²) in [6, 6.07) is 7.53. The maximum absolute atomic E-state index is 9.70. The van der Waals surface area contributed by atoms with Crippen molar-refractivity contribution in [2.24, 2.45) is 5.16 Å². The average molecular weight is 266 g/mol. The van der Waals surface area contributed by atoms with Gasteiger partial charge in [-0.1, -0.05) is 19.0 Å². The van der Waals surface area contributed by atoms with E-state index in [1.165, 1.54) is 0 Å². The molecule has 0 heterocycles. The zero-order valence-corrected chi connectivity index (χ0v) is 11.6. The highest BCUT2D eigenvalue weighted by Gasteiger charge is 2.06. The monoisotopic (exact) mass is 266 g/mol. The molecule has 0 saturated carbocycles. The van der Waals surface area contributed by atoms with Gasteiger partial charge in [0.25, 0.3) is 0 Å². The summed E-state index contributed by atoms with van der Waals surface area (Å²) in [4.78, 5) is 0. The van der Waals surface area contributed by atoms with E-state index in [1.54, 1.807) is 19.1 Å². The highest BCUT2D eigenvalue weighted by atomic mass is 16.5. The van der Waals surface area contributed by atoms with Gasteiger partial charge in [0.05, 0.1) is 5.71 Å². The highest BCUT2D eigenvalue weighted by molar-refractivity contribution is 5.98. The molecule has 0 fully saturated rings. The summed E-state index contributed by atoms with van der Waals surface area (Å²) >= 11 is 0. The molecule has 1 rings (SSSR count). The Balaban J connectivity index is 2.41. The SMILES string of the molecule is CC(=NO)c1ccc(OCC(O)CNC(C)C)cc1. The molecule has 0 aliphatic carbocycles. The molecule has 0 saturated heterocycles. The van der Waals surface area contributed by atoms with Crippen LogP contribution in [0.5, 0.6) is 5.75 Å². The lowest BCUT2D eigenvalue weighted by molar-refractivity contribution is 0.104. The molecule has 0 radical (unpaired) electrons. The van der Waals surface area contributed by atoms with Gasteiger partial charge in [0.15, 0.2) is 0 Å². The molecule has 1 aromatic carbocycles. The van der Waals surface area contributed by atoms with Crippen molar-refractivity contribution in [2.45, 2.75) is 32.9 Å². The van der Waals surface area contributed by atoms with Crippen molar-refractivity contribution in [1.82, 2.24) is 5.32 Å². The number of oxime groups is 1. The molecule has 1 aromatic rings. The first kappa shape index (κ1) is 15.5. The van der Waals surface area contributed by atoms with Crippen LogP contribution in [-0.4, -0.2) is 41.3 Å². The topological polar surface area (TPSA) is 74.1 Å². The molecule has 0 aliphatic rings. The van der Waals surface area contributed by atoms with Crippen LogP contribution in [0.1, 0.15) is 26.3 Å². The molecule has 0 aliphatic heterocycles. The van der Waals surface area contributed by atoms with E-state index in [0.717, 1.165) is 5.56 Å². The van der Waals surface area contributed by atoms with Gasteiger partial charge in [0.1, 0.15) is 18.5 Å². The molecule has 1 unspecified atom stereocenters. The van der Waals surface area contributed by atoms with E-state index in [0.29, 0.717) is 24.0 Å². The summed E-state index contributed by atoms with van der Waals surface area (Å²) in [5.74, 6) is 0.679. The molecular formula is C14H22N2O3. The molecule has 106 valence electrons. The molecule has 5 heteroatoms. The predicted octanol–water partition coefficient (Wildman–Crippen LogP) is 1.62. The molecule has 19 heavy (non-hydrogen) atoms. The van der Waals surface area contributed by atoms with Crippen molar-refractivity contribution in [3.8, 4) is 5.75 Å². The standard InChI is InChI=1S/C14H22N2O3/c1-10(2)15-8-13(17)9-19-14-6-4-12(5-7-14)11(3)16-18/h4-7,10,13,15,17-18H,8-9H2,1-3H3. The fraction of sp³-hybridized carbons (Fsp3) is 0.500. The Kier molecular flexibility index (Phi) is 6.32. The van der Waals surface area contributed by atoms with Gasteiger partial charge in [-0.2, -0.15) is 0 Å². The van der Waals surface area contributed by atoms with Crippen LogP contribution in [0, 0.1) is 0 Å². The first-order valence-corrected chi connectivity index (χ1v) is 6.36. The third-order valence-electron chi connectivity index (χ3n) is 2.63. The summed E-state index contributed by atoms with van der Waals surface area (Å²) in [7, 11) is 0. The number of rotatable bonds is 7. The Morgan fingerprint density at radius 2 is 1.95 bits per heavy atom. The van der Waals surface area contributed by atoms with Gasteiger partial charge in [-0.05, 0) is 36.8 Å². The van der Waals surface area contributed by atoms with Gasteiger partial charge in [0, 0.05) is 12.6 Å². The summed E-state index contributed by atoms with van der Waals surface area (Å²) in [6.07, 6.45) is -0.539. The number of aliphatic hydroxyl groups excluding tert-OH is 1. The van der Waals surface area contributed by atoms with E-state index in [2.05, 4.69) is 10.5 Å². The molecule has 0 bridgehead atoms. The van der Waals surface area contributed by atoms with Crippen LogP contribution < -0.4 is 10.1 Å². The Hall–Kier alpha value is -1.59. The molecule has 3 N–H and O–H groups in total. The van der Waals surface area contributed by atoms with E-state index in [1.807, 2.05) is 26.0 Å². The van der Waals surface area contributed by atoms with Crippen molar-refractivity contribution in [3.63, 3.8) is 0 Å². The lowest BCUT2D eigenvalue weighted by atomic mass is 10.1. The second kappa shape index (κ2) is 7.76. The van der Waals surface area contributed by atoms with Crippen molar-refractivity contribution >= 4 is 5.71 Å². The van der Waals surface area contributed by atoms with Crippen LogP contribution in [0.3, 0.4) is 0 Å². The van der Waals surface area contributed by atoms with Crippen molar-refractivity contribution in [2.75, 3.05) is 13.2 Å². The molecule has 5 nitrogen and oxygen atoms in total. The highest BCUT2D eigenvalue weighted by Crippen LogP contribution is 2.13. The number of aliphatic hydroxyl groups is 1. The molecule has 0 amide bonds. The lowest BCUT2D eigenvalue weighted by Gasteiger charge is -2.15. The van der Waals surface area contributed by atoms with Crippen LogP contribution in [0.25, 0.3) is 0 Å². The fourth-order valence-electron chi connectivity index (χ4n) is 1.47. The number of ether oxygens (including phenoxy) is 1. The maximum atomic E-state index is 9.70. The van der Waals surface area contributed by atoms with Gasteiger partial charge >= 0.3 is 0 Å². The first-order chi connectivity index (χ1) is 9.02. The van der Waals surface area contributed by atoms with Gasteiger partial charge in [-0.3, -0.25) is 0 Å². The van der Waals surface area contributed by atoms with E-state index < -0.39 is 6.10 Å². The summed E-state index contributed by atoms with van der Waals surface area (Å²) in [5.41, 5.74) is 1.38. The summed E-state index contributed by atoms with van der Waals surface area (Å²) < 4.78 is 5.48. The number of benzene rings is 1. The van der Waals surface area contributed by atoms with Crippen LogP contribution in [0.4, 0.5) is 0 Å². The van der Waals surface area contributed by atoms with Crippen molar-refractivity contribution < 1.29 is 15.1 Å². The Bertz CT molecular complexity index is 402. The van der Waals surface area contributed by atoms with E-state index in [4.69, 9.17) is 9.94 Å². The van der Waals surface area contributed by atoms with Crippen molar-refractivity contribution in [1.29, 1.82) is 0 Å². The second-order valence-electron chi connectivity index (χ2n) is 4.74. The first-order valence-electron chi connectivity index (χ1n) is 6.36. The van der Waals surface area contributed by atoms with Gasteiger partial charge in [-0.15, -0.1) is 0 Å². The minimum absolute atomic E-state index is 0.242. The normalized spacial score (nSPS) is 13.6. The second-order valence-corrected chi connectivity index (χ2v) is 4.74. The lowest BCUT2D eigenvalue weighted by Crippen LogP contribution is -2.35. The molecule has 1 atom stereocenters. The fourth-order valence-corrected chi connectivity index (χ4v) is 1.47. The Morgan fingerprint density at radius 1 is 1.32 bits per heavy atom. The summed E-state index contributed by atoms with van der Waals surface area (Å²) in [6.45, 7) is 6.52. The number of nitrogens with zero attached hydrogens (tertiary/aromatic N) is 1. The van der Waals surface area contributed by atoms with Crippen LogP contribution in [0.2, 0.25) is 0 Å². The zero-order valence-electron chi connectivity index (χ0n) is 11.6. The third-order valence-corrected chi connectivity index (χ3v) is 2.63. The molecule has 0 aromatic heterocycles. The van der Waals surface area contributed by atoms with E-state index in [-0.39, 0.29) is 6.61 Å². The van der Waals surface area contributed by atoms with Gasteiger partial charge < -0.3 is 20.4 Å². The van der Waals surface area contributed by atoms with Crippen LogP contribution in [-0.2, 0) is 0 Å². The summed E-state index contributed by atoms with van der Waals surface area (Å²) in [5, 5.41) is 24.6. The van der Waals surface area contributed by atoms with Crippen LogP contribution in [0.15, 0.2) is 29.4 Å². The minimum atomic E-state index is -0.539. The number of hydrogen-bond acceptors (Lipinski definition) is 5. The largest absolute Gasteiger partial charge is 0.491 e. The third kappa shape index (κ3) is 5.72. The Labute approximate surface area is 113 Å². The smallest absolute Gasteiger partial charge is 0.119 e. The van der Waals surface area contributed by atoms with Crippen LogP contribution >= 0.6 is 0 Å². The van der Waals surface area contributed by atoms with Gasteiger partial charge in [0.2, 0.25) is 0 Å². The minimum Gasteiger partial charge on any atom is -0.491 e. The van der Waals surface area contributed by atoms with Crippen molar-refractivity contribution in [3.05, 3.63) is 29.8 Å². The maximum Gasteiger partial charge on any atom is 0.119 e. The molecule has 0 spiro atoms. The van der Waals surface area contributed by atoms with E-state index >= 15 is 0 Å². The zero-order chi connectivity index (χ0) is 14.3. The number of nitrogens with one attached hydrogen (secondary N) is 1. The van der Waals surface area contributed by atoms with Gasteiger partial charge in [-0.25, -0.2) is 0 Å². The Morgan fingerprint density at radius 3 is 2.47 bits per heavy atom. The average Bonchev–Trinajstić information content (AvgIpc) is 2.42. The predicted molar refractivity (Wildman–Crippen MR) is 75.1 cm³/mol.